The second-order valence-corrected chi connectivity index (χ2v) is 8.57. The van der Waals surface area contributed by atoms with E-state index >= 15 is 0 Å². The van der Waals surface area contributed by atoms with Crippen LogP contribution in [-0.2, 0) is 16.0 Å². The van der Waals surface area contributed by atoms with Gasteiger partial charge in [0.15, 0.2) is 0 Å². The van der Waals surface area contributed by atoms with Crippen LogP contribution in [0.3, 0.4) is 0 Å². The highest BCUT2D eigenvalue weighted by molar-refractivity contribution is 6.03. The average molecular weight is 454 g/mol. The molecule has 5 rings (SSSR count). The maximum Gasteiger partial charge on any atom is 0.243 e. The number of amides is 2. The number of para-hydroxylation sites is 1. The van der Waals surface area contributed by atoms with Crippen molar-refractivity contribution in [1.29, 1.82) is 0 Å². The Morgan fingerprint density at radius 2 is 1.62 bits per heavy atom. The third-order valence-electron chi connectivity index (χ3n) is 6.51. The van der Waals surface area contributed by atoms with E-state index in [1.54, 1.807) is 17.0 Å². The van der Waals surface area contributed by atoms with E-state index in [0.29, 0.717) is 13.0 Å². The lowest BCUT2D eigenvalue weighted by molar-refractivity contribution is -0.134. The van der Waals surface area contributed by atoms with Crippen LogP contribution < -0.4 is 9.64 Å². The van der Waals surface area contributed by atoms with Gasteiger partial charge in [-0.25, -0.2) is 5.01 Å². The molecule has 6 nitrogen and oxygen atoms in total. The van der Waals surface area contributed by atoms with Crippen molar-refractivity contribution in [1.82, 2.24) is 5.01 Å². The van der Waals surface area contributed by atoms with Crippen molar-refractivity contribution in [3.8, 4) is 5.75 Å². The maximum atomic E-state index is 13.3. The van der Waals surface area contributed by atoms with Crippen LogP contribution in [0.2, 0.25) is 0 Å². The molecule has 0 saturated carbocycles. The van der Waals surface area contributed by atoms with Gasteiger partial charge >= 0.3 is 0 Å². The van der Waals surface area contributed by atoms with E-state index in [9.17, 15) is 9.59 Å². The zero-order chi connectivity index (χ0) is 23.5. The van der Waals surface area contributed by atoms with Gasteiger partial charge in [-0.1, -0.05) is 60.7 Å². The van der Waals surface area contributed by atoms with Gasteiger partial charge in [0, 0.05) is 31.5 Å². The summed E-state index contributed by atoms with van der Waals surface area (Å²) in [5.41, 5.74) is 5.00. The molecule has 2 aliphatic rings. The largest absolute Gasteiger partial charge is 0.497 e. The number of anilines is 1. The predicted molar refractivity (Wildman–Crippen MR) is 132 cm³/mol. The molecular formula is C28H27N3O3. The molecule has 0 N–H and O–H groups in total. The Bertz CT molecular complexity index is 1220. The Morgan fingerprint density at radius 3 is 2.38 bits per heavy atom. The molecule has 0 fully saturated rings. The van der Waals surface area contributed by atoms with E-state index < -0.39 is 0 Å². The van der Waals surface area contributed by atoms with Crippen molar-refractivity contribution in [3.63, 3.8) is 0 Å². The molecule has 0 radical (unpaired) electrons. The van der Waals surface area contributed by atoms with E-state index in [4.69, 9.17) is 9.84 Å². The SMILES string of the molecule is COc1ccc(C2CC(c3ccccc3)=NN2C(=O)CCC(=O)N2CCc3ccccc32)cc1. The normalized spacial score (nSPS) is 16.9. The summed E-state index contributed by atoms with van der Waals surface area (Å²) in [5, 5.41) is 6.28. The molecular weight excluding hydrogens is 426 g/mol. The van der Waals surface area contributed by atoms with Crippen LogP contribution >= 0.6 is 0 Å². The Morgan fingerprint density at radius 1 is 0.912 bits per heavy atom. The first-order chi connectivity index (χ1) is 16.6. The van der Waals surface area contributed by atoms with Crippen LogP contribution in [-0.4, -0.2) is 36.2 Å². The number of nitrogens with zero attached hydrogens (tertiary/aromatic N) is 3. The number of benzene rings is 3. The van der Waals surface area contributed by atoms with Crippen molar-refractivity contribution < 1.29 is 14.3 Å². The van der Waals surface area contributed by atoms with Crippen LogP contribution in [0.5, 0.6) is 5.75 Å². The third kappa shape index (κ3) is 4.31. The zero-order valence-electron chi connectivity index (χ0n) is 19.2. The Balaban J connectivity index is 1.33. The number of hydrogen-bond acceptors (Lipinski definition) is 4. The lowest BCUT2D eigenvalue weighted by Crippen LogP contribution is -2.32. The molecule has 172 valence electrons. The molecule has 1 unspecified atom stereocenters. The molecule has 1 atom stereocenters. The molecule has 0 spiro atoms. The fourth-order valence-corrected chi connectivity index (χ4v) is 4.69. The molecule has 0 aromatic heterocycles. The van der Waals surface area contributed by atoms with Gasteiger partial charge in [-0.2, -0.15) is 5.10 Å². The first kappa shape index (κ1) is 21.9. The van der Waals surface area contributed by atoms with Crippen molar-refractivity contribution in [2.24, 2.45) is 5.10 Å². The lowest BCUT2D eigenvalue weighted by Gasteiger charge is -2.23. The van der Waals surface area contributed by atoms with Crippen LogP contribution in [0.4, 0.5) is 5.69 Å². The third-order valence-corrected chi connectivity index (χ3v) is 6.51. The van der Waals surface area contributed by atoms with Gasteiger partial charge < -0.3 is 9.64 Å². The summed E-state index contributed by atoms with van der Waals surface area (Å²) in [6.07, 6.45) is 1.76. The van der Waals surface area contributed by atoms with Gasteiger partial charge in [0.1, 0.15) is 5.75 Å². The zero-order valence-corrected chi connectivity index (χ0v) is 19.2. The summed E-state index contributed by atoms with van der Waals surface area (Å²) in [6, 6.07) is 25.4. The lowest BCUT2D eigenvalue weighted by atomic mass is 9.98. The van der Waals surface area contributed by atoms with Crippen LogP contribution in [0, 0.1) is 0 Å². The smallest absolute Gasteiger partial charge is 0.243 e. The van der Waals surface area contributed by atoms with Gasteiger partial charge in [-0.15, -0.1) is 0 Å². The summed E-state index contributed by atoms with van der Waals surface area (Å²) >= 11 is 0. The van der Waals surface area contributed by atoms with Gasteiger partial charge in [0.25, 0.3) is 0 Å². The van der Waals surface area contributed by atoms with Crippen molar-refractivity contribution in [2.45, 2.75) is 31.7 Å². The van der Waals surface area contributed by atoms with Crippen LogP contribution in [0.25, 0.3) is 0 Å². The van der Waals surface area contributed by atoms with Crippen LogP contribution in [0.1, 0.15) is 42.0 Å². The topological polar surface area (TPSA) is 62.2 Å². The Hall–Kier alpha value is -3.93. The number of rotatable bonds is 6. The first-order valence-corrected chi connectivity index (χ1v) is 11.6. The molecule has 2 heterocycles. The molecule has 3 aromatic rings. The number of ether oxygens (including phenoxy) is 1. The highest BCUT2D eigenvalue weighted by Gasteiger charge is 2.33. The second kappa shape index (κ2) is 9.51. The first-order valence-electron chi connectivity index (χ1n) is 11.6. The molecule has 3 aromatic carbocycles. The van der Waals surface area contributed by atoms with Crippen molar-refractivity contribution >= 4 is 23.2 Å². The fraction of sp³-hybridized carbons (Fsp3) is 0.250. The Kier molecular flexibility index (Phi) is 6.12. The van der Waals surface area contributed by atoms with Gasteiger partial charge in [-0.05, 0) is 41.3 Å². The minimum Gasteiger partial charge on any atom is -0.497 e. The number of fused-ring (bicyclic) bond motifs is 1. The monoisotopic (exact) mass is 453 g/mol. The summed E-state index contributed by atoms with van der Waals surface area (Å²) in [7, 11) is 1.63. The summed E-state index contributed by atoms with van der Waals surface area (Å²) in [6.45, 7) is 0.668. The Labute approximate surface area is 199 Å². The van der Waals surface area contributed by atoms with E-state index in [-0.39, 0.29) is 30.7 Å². The summed E-state index contributed by atoms with van der Waals surface area (Å²) in [5.74, 6) is 0.596. The molecule has 0 saturated heterocycles. The number of hydrazone groups is 1. The average Bonchev–Trinajstić information content (AvgIpc) is 3.53. The van der Waals surface area contributed by atoms with Gasteiger partial charge in [-0.3, -0.25) is 9.59 Å². The highest BCUT2D eigenvalue weighted by atomic mass is 16.5. The predicted octanol–water partition coefficient (Wildman–Crippen LogP) is 4.74. The summed E-state index contributed by atoms with van der Waals surface area (Å²) in [4.78, 5) is 28.1. The maximum absolute atomic E-state index is 13.3. The quantitative estimate of drug-likeness (QED) is 0.542. The van der Waals surface area contributed by atoms with Crippen molar-refractivity contribution in [2.75, 3.05) is 18.6 Å². The summed E-state index contributed by atoms with van der Waals surface area (Å²) < 4.78 is 5.28. The number of hydrogen-bond donors (Lipinski definition) is 0. The minimum absolute atomic E-state index is 0.0224. The fourth-order valence-electron chi connectivity index (χ4n) is 4.69. The van der Waals surface area contributed by atoms with E-state index in [0.717, 1.165) is 34.7 Å². The minimum atomic E-state index is -0.212. The molecule has 0 aliphatic carbocycles. The number of methoxy groups -OCH3 is 1. The van der Waals surface area contributed by atoms with E-state index in [1.807, 2.05) is 72.8 Å². The number of carbonyl (C=O) groups excluding carboxylic acids is 2. The second-order valence-electron chi connectivity index (χ2n) is 8.57. The van der Waals surface area contributed by atoms with Crippen molar-refractivity contribution in [3.05, 3.63) is 95.6 Å². The van der Waals surface area contributed by atoms with Crippen LogP contribution in [0.15, 0.2) is 84.0 Å². The molecule has 6 heteroatoms. The van der Waals surface area contributed by atoms with Gasteiger partial charge in [0.2, 0.25) is 11.8 Å². The van der Waals surface area contributed by atoms with Gasteiger partial charge in [0.05, 0.1) is 18.9 Å². The molecule has 2 aliphatic heterocycles. The number of carbonyl (C=O) groups is 2. The molecule has 0 bridgehead atoms. The molecule has 2 amide bonds. The molecule has 34 heavy (non-hydrogen) atoms. The highest BCUT2D eigenvalue weighted by Crippen LogP contribution is 2.34. The van der Waals surface area contributed by atoms with E-state index in [1.165, 1.54) is 5.56 Å². The standard InChI is InChI=1S/C28H27N3O3/c1-34-23-13-11-22(12-14-23)26-19-24(20-7-3-2-4-8-20)29-31(26)28(33)16-15-27(32)30-18-17-21-9-5-6-10-25(21)30/h2-14,26H,15-19H2,1H3. The van der Waals surface area contributed by atoms with E-state index in [2.05, 4.69) is 6.07 Å².